The van der Waals surface area contributed by atoms with E-state index in [1.807, 2.05) is 0 Å². The summed E-state index contributed by atoms with van der Waals surface area (Å²) >= 11 is -11.1. The van der Waals surface area contributed by atoms with Crippen molar-refractivity contribution in [1.29, 1.82) is 0 Å². The summed E-state index contributed by atoms with van der Waals surface area (Å²) in [6, 6.07) is 0. The van der Waals surface area contributed by atoms with Gasteiger partial charge in [-0.15, -0.1) is 0 Å². The summed E-state index contributed by atoms with van der Waals surface area (Å²) in [5, 5.41) is 0. The van der Waals surface area contributed by atoms with Crippen LogP contribution in [0.4, 0.5) is 20.8 Å². The van der Waals surface area contributed by atoms with Crippen molar-refractivity contribution in [3.05, 3.63) is 0 Å². The van der Waals surface area contributed by atoms with Crippen LogP contribution in [0.3, 0.4) is 0 Å². The monoisotopic (exact) mass is 229 g/mol. The van der Waals surface area contributed by atoms with Crippen molar-refractivity contribution in [2.75, 3.05) is 0 Å². The Balaban J connectivity index is -0.000000180. The van der Waals surface area contributed by atoms with Crippen LogP contribution in [-0.4, -0.2) is 65.6 Å². The fourth-order valence-electron chi connectivity index (χ4n) is 0. The van der Waals surface area contributed by atoms with Crippen LogP contribution in [0.1, 0.15) is 1.43 Å². The molecule has 0 saturated heterocycles. The van der Waals surface area contributed by atoms with Gasteiger partial charge in [0.05, 0.1) is 0 Å². The summed E-state index contributed by atoms with van der Waals surface area (Å²) in [6.07, 6.45) is 0. The third-order valence-corrected chi connectivity index (χ3v) is 0. The zero-order chi connectivity index (χ0) is 6.41. The molecule has 0 heterocycles. The van der Waals surface area contributed by atoms with Crippen LogP contribution in [0.2, 0.25) is 0 Å². The van der Waals surface area contributed by atoms with Crippen LogP contribution in [0.25, 0.3) is 0 Å². The van der Waals surface area contributed by atoms with Gasteiger partial charge in [-0.1, -0.05) is 0 Å². The maximum absolute atomic E-state index is 11.1. The molecule has 0 aromatic rings. The maximum atomic E-state index is 9.91. The molecule has 0 aliphatic rings. The molecule has 0 aromatic heterocycles. The van der Waals surface area contributed by atoms with Gasteiger partial charge in [-0.05, 0) is 0 Å². The van der Waals surface area contributed by atoms with E-state index >= 15 is 0 Å². The topological polar surface area (TPSA) is 0 Å². The van der Waals surface area contributed by atoms with Crippen molar-refractivity contribution < 1.29 is 22.2 Å². The van der Waals surface area contributed by atoms with Crippen molar-refractivity contribution in [3.63, 3.8) is 0 Å². The Bertz CT molecular complexity index is 71.6. The first-order valence-electron chi connectivity index (χ1n) is 1.01. The van der Waals surface area contributed by atoms with Gasteiger partial charge < -0.3 is 0 Å². The van der Waals surface area contributed by atoms with Crippen LogP contribution in [0.15, 0.2) is 0 Å². The number of rotatable bonds is 0. The molecule has 49 valence electrons. The van der Waals surface area contributed by atoms with E-state index in [0.29, 0.717) is 0 Å². The minimum atomic E-state index is -11.1. The van der Waals surface area contributed by atoms with Crippen molar-refractivity contribution in [2.45, 2.75) is 0 Å². The predicted molar refractivity (Wildman–Crippen MR) is 19.3 cm³/mol. The van der Waals surface area contributed by atoms with Gasteiger partial charge in [0.2, 0.25) is 0 Å². The first kappa shape index (κ1) is 12.5. The summed E-state index contributed by atoms with van der Waals surface area (Å²) in [7, 11) is 0. The summed E-state index contributed by atoms with van der Waals surface area (Å²) in [6.45, 7) is 0. The van der Waals surface area contributed by atoms with Crippen LogP contribution in [-0.2, 0) is 0 Å². The molecule has 0 aliphatic carbocycles. The molecule has 0 bridgehead atoms. The molecule has 0 unspecified atom stereocenters. The Morgan fingerprint density at radius 3 is 0.750 bits per heavy atom. The average molecular weight is 229 g/mol. The Morgan fingerprint density at radius 1 is 0.750 bits per heavy atom. The van der Waals surface area contributed by atoms with E-state index in [9.17, 15) is 20.8 Å². The fraction of sp³-hybridized carbons (Fsp3) is 0. The van der Waals surface area contributed by atoms with E-state index in [1.54, 1.807) is 0 Å². The molecular formula is HAsF6K. The van der Waals surface area contributed by atoms with Crippen LogP contribution in [0.5, 0.6) is 0 Å². The second-order valence-corrected chi connectivity index (χ2v) is 4.98. The van der Waals surface area contributed by atoms with E-state index < -0.39 is 14.2 Å². The summed E-state index contributed by atoms with van der Waals surface area (Å²) in [5.41, 5.74) is 0. The van der Waals surface area contributed by atoms with E-state index in [1.165, 1.54) is 0 Å². The van der Waals surface area contributed by atoms with E-state index in [4.69, 9.17) is 0 Å². The normalized spacial score (nSPS) is 20.2. The Kier molecular flexibility index (Phi) is 2.93. The minimum absolute atomic E-state index is 0. The smallest absolute Gasteiger partial charge is 0 e. The van der Waals surface area contributed by atoms with Crippen molar-refractivity contribution in [1.82, 2.24) is 0 Å². The predicted octanol–water partition coefficient (Wildman–Crippen LogP) is 1.87. The van der Waals surface area contributed by atoms with E-state index in [-0.39, 0.29) is 52.8 Å². The van der Waals surface area contributed by atoms with Crippen LogP contribution < -0.4 is 0 Å². The quantitative estimate of drug-likeness (QED) is 0.439. The summed E-state index contributed by atoms with van der Waals surface area (Å²) in [5.74, 6) is 0. The number of halogens is 6. The second kappa shape index (κ2) is 1.88. The summed E-state index contributed by atoms with van der Waals surface area (Å²) in [4.78, 5) is 0. The van der Waals surface area contributed by atoms with E-state index in [2.05, 4.69) is 0 Å². The van der Waals surface area contributed by atoms with Gasteiger partial charge in [0.25, 0.3) is 0 Å². The maximum Gasteiger partial charge on any atom is 1.00 e. The van der Waals surface area contributed by atoms with Crippen LogP contribution >= 0.6 is 0 Å². The summed E-state index contributed by atoms with van der Waals surface area (Å²) < 4.78 is 59.4. The third-order valence-electron chi connectivity index (χ3n) is 0. The Labute approximate surface area is 86.4 Å². The molecule has 0 aromatic carbocycles. The Hall–Kier alpha value is 1.77. The first-order chi connectivity index (χ1) is 2.45. The fourth-order valence-corrected chi connectivity index (χ4v) is 0. The molecule has 0 saturated carbocycles. The average Bonchev–Trinajstić information content (AvgIpc) is 0.592. The van der Waals surface area contributed by atoms with Gasteiger partial charge in [0.1, 0.15) is 0 Å². The molecule has 0 fully saturated rings. The van der Waals surface area contributed by atoms with Crippen molar-refractivity contribution >= 4 is 65.6 Å². The van der Waals surface area contributed by atoms with Gasteiger partial charge in [-0.25, -0.2) is 0 Å². The molecular weight excluding hydrogens is 228 g/mol. The van der Waals surface area contributed by atoms with Gasteiger partial charge in [0, 0.05) is 51.4 Å². The van der Waals surface area contributed by atoms with Gasteiger partial charge in [-0.3, -0.25) is 0 Å². The second-order valence-electron chi connectivity index (χ2n) is 0.958. The minimum Gasteiger partial charge on any atom is 0 e. The molecule has 1 radical (unpaired) electrons. The molecule has 0 spiro atoms. The third kappa shape index (κ3) is 113. The molecule has 0 atom stereocenters. The molecule has 0 rings (SSSR count). The molecule has 8 heteroatoms. The Morgan fingerprint density at radius 2 is 0.750 bits per heavy atom. The van der Waals surface area contributed by atoms with Gasteiger partial charge in [-0.2, -0.15) is 0 Å². The SMILES string of the molecule is F[As-](F)(F)(F)(F)F.[H+].[K]. The first-order valence-corrected chi connectivity index (χ1v) is 5.27. The van der Waals surface area contributed by atoms with E-state index in [0.717, 1.165) is 0 Å². The molecule has 0 nitrogen and oxygen atoms in total. The van der Waals surface area contributed by atoms with Gasteiger partial charge in [0.15, 0.2) is 0 Å². The van der Waals surface area contributed by atoms with Crippen LogP contribution in [0, 0.1) is 0 Å². The largest absolute Gasteiger partial charge is 1.00 e. The standard InChI is InChI=1S/AsF6.K/c2-1(3,4,5,6)7;/q-1;/p+1. The zero-order valence-corrected chi connectivity index (χ0v) is 8.71. The van der Waals surface area contributed by atoms with Crippen molar-refractivity contribution in [2.24, 2.45) is 0 Å². The zero-order valence-electron chi connectivity index (χ0n) is 4.72. The molecule has 0 N–H and O–H groups in total. The molecule has 8 heavy (non-hydrogen) atoms. The van der Waals surface area contributed by atoms with Gasteiger partial charge >= 0.3 is 36.4 Å². The number of hydrogen-bond donors (Lipinski definition) is 0. The number of hydrogen-bond acceptors (Lipinski definition) is 0. The molecule has 0 amide bonds. The van der Waals surface area contributed by atoms with Crippen molar-refractivity contribution in [3.8, 4) is 0 Å². The molecule has 0 aliphatic heterocycles.